The van der Waals surface area contributed by atoms with Gasteiger partial charge in [0.15, 0.2) is 12.5 Å². The van der Waals surface area contributed by atoms with E-state index in [0.717, 1.165) is 28.5 Å². The summed E-state index contributed by atoms with van der Waals surface area (Å²) in [6.45, 7) is 3.70. The number of hydrogen-bond acceptors (Lipinski definition) is 3. The number of methoxy groups -OCH3 is 1. The lowest BCUT2D eigenvalue weighted by Crippen LogP contribution is -3.07. The van der Waals surface area contributed by atoms with Gasteiger partial charge in [-0.2, -0.15) is 4.68 Å². The van der Waals surface area contributed by atoms with Crippen molar-refractivity contribution in [2.45, 2.75) is 20.1 Å². The molecule has 0 spiro atoms. The van der Waals surface area contributed by atoms with Gasteiger partial charge < -0.3 is 14.2 Å². The average Bonchev–Trinajstić information content (AvgIpc) is 3.02. The smallest absolute Gasteiger partial charge is 0.202 e. The van der Waals surface area contributed by atoms with Crippen molar-refractivity contribution in [1.82, 2.24) is 14.3 Å². The molecule has 0 amide bonds. The maximum absolute atomic E-state index is 5.67. The highest BCUT2D eigenvalue weighted by Crippen LogP contribution is 2.22. The van der Waals surface area contributed by atoms with Crippen LogP contribution in [0.1, 0.15) is 11.1 Å². The second kappa shape index (κ2) is 8.42. The summed E-state index contributed by atoms with van der Waals surface area (Å²) in [4.78, 5) is 1.31. The van der Waals surface area contributed by atoms with Crippen molar-refractivity contribution in [3.05, 3.63) is 76.6 Å². The Morgan fingerprint density at radius 2 is 1.77 bits per heavy atom. The van der Waals surface area contributed by atoms with Gasteiger partial charge in [0.2, 0.25) is 4.77 Å². The fraction of sp³-hybridized carbons (Fsp3) is 0.250. The molecule has 1 unspecified atom stereocenters. The number of hydrogen-bond donors (Lipinski definition) is 1. The molecule has 1 aromatic heterocycles. The molecule has 0 radical (unpaired) electrons. The Morgan fingerprint density at radius 3 is 2.53 bits per heavy atom. The first-order valence-corrected chi connectivity index (χ1v) is 10.4. The molecule has 154 valence electrons. The topological polar surface area (TPSA) is 36.4 Å². The van der Waals surface area contributed by atoms with Gasteiger partial charge in [-0.25, -0.2) is 0 Å². The molecule has 0 saturated carbocycles. The Bertz CT molecular complexity index is 1260. The molecular formula is C24H27N4OS+. The zero-order chi connectivity index (χ0) is 21.3. The molecule has 6 heteroatoms. The van der Waals surface area contributed by atoms with Gasteiger partial charge in [0.1, 0.15) is 12.3 Å². The van der Waals surface area contributed by atoms with Gasteiger partial charge in [-0.05, 0) is 53.7 Å². The summed E-state index contributed by atoms with van der Waals surface area (Å²) < 4.78 is 9.98. The highest BCUT2D eigenvalue weighted by atomic mass is 32.1. The summed E-state index contributed by atoms with van der Waals surface area (Å²) >= 11 is 5.67. The van der Waals surface area contributed by atoms with E-state index < -0.39 is 0 Å². The second-order valence-corrected chi connectivity index (χ2v) is 8.18. The van der Waals surface area contributed by atoms with Crippen LogP contribution < -0.4 is 9.64 Å². The number of aryl methyl sites for hydroxylation is 1. The summed E-state index contributed by atoms with van der Waals surface area (Å²) in [7, 11) is 5.85. The third kappa shape index (κ3) is 4.01. The van der Waals surface area contributed by atoms with Crippen molar-refractivity contribution in [1.29, 1.82) is 0 Å². The summed E-state index contributed by atoms with van der Waals surface area (Å²) in [5.74, 6) is 1.79. The van der Waals surface area contributed by atoms with Gasteiger partial charge in [0.05, 0.1) is 14.2 Å². The van der Waals surface area contributed by atoms with Gasteiger partial charge in [0.25, 0.3) is 0 Å². The highest BCUT2D eigenvalue weighted by molar-refractivity contribution is 7.71. The molecule has 0 saturated heterocycles. The Hall–Kier alpha value is -2.96. The quantitative estimate of drug-likeness (QED) is 0.484. The van der Waals surface area contributed by atoms with Crippen LogP contribution in [0, 0.1) is 11.7 Å². The van der Waals surface area contributed by atoms with Gasteiger partial charge in [0, 0.05) is 18.2 Å². The molecular weight excluding hydrogens is 392 g/mol. The van der Waals surface area contributed by atoms with Crippen LogP contribution in [0.2, 0.25) is 0 Å². The Balaban J connectivity index is 1.54. The maximum Gasteiger partial charge on any atom is 0.202 e. The van der Waals surface area contributed by atoms with Gasteiger partial charge >= 0.3 is 0 Å². The molecule has 3 aromatic carbocycles. The molecule has 1 atom stereocenters. The van der Waals surface area contributed by atoms with Crippen molar-refractivity contribution in [2.75, 3.05) is 14.2 Å². The zero-order valence-electron chi connectivity index (χ0n) is 17.8. The fourth-order valence-corrected chi connectivity index (χ4v) is 4.01. The van der Waals surface area contributed by atoms with Crippen molar-refractivity contribution in [3.8, 4) is 17.1 Å². The van der Waals surface area contributed by atoms with E-state index in [1.165, 1.54) is 26.8 Å². The monoisotopic (exact) mass is 419 g/mol. The van der Waals surface area contributed by atoms with Crippen LogP contribution in [0.3, 0.4) is 0 Å². The van der Waals surface area contributed by atoms with E-state index in [4.69, 9.17) is 22.1 Å². The van der Waals surface area contributed by atoms with Crippen LogP contribution in [0.15, 0.2) is 60.7 Å². The molecule has 0 aliphatic heterocycles. The molecule has 0 aliphatic rings. The SMILES string of the molecule is COc1ccc2cc(C[NH+](C)Cn3nc(-c4ccccc4C)n(C)c3=S)ccc2c1. The number of benzene rings is 3. The number of rotatable bonds is 6. The first kappa shape index (κ1) is 20.3. The molecule has 0 fully saturated rings. The highest BCUT2D eigenvalue weighted by Gasteiger charge is 2.14. The molecule has 4 rings (SSSR count). The van der Waals surface area contributed by atoms with Gasteiger partial charge in [-0.15, -0.1) is 5.10 Å². The zero-order valence-corrected chi connectivity index (χ0v) is 18.7. The number of aromatic nitrogens is 3. The lowest BCUT2D eigenvalue weighted by atomic mass is 10.1. The number of nitrogens with zero attached hydrogens (tertiary/aromatic N) is 3. The first-order chi connectivity index (χ1) is 14.5. The first-order valence-electron chi connectivity index (χ1n) is 10.0. The minimum atomic E-state index is 0.708. The molecule has 1 heterocycles. The Morgan fingerprint density at radius 1 is 1.03 bits per heavy atom. The number of ether oxygens (including phenoxy) is 1. The largest absolute Gasteiger partial charge is 0.497 e. The fourth-order valence-electron chi connectivity index (χ4n) is 3.82. The van der Waals surface area contributed by atoms with Crippen LogP contribution in [0.5, 0.6) is 5.75 Å². The summed E-state index contributed by atoms with van der Waals surface area (Å²) in [6, 6.07) is 21.0. The van der Waals surface area contributed by atoms with E-state index in [9.17, 15) is 0 Å². The maximum atomic E-state index is 5.67. The number of quaternary nitrogens is 1. The summed E-state index contributed by atoms with van der Waals surface area (Å²) in [5.41, 5.74) is 3.60. The predicted octanol–water partition coefficient (Wildman–Crippen LogP) is 3.76. The van der Waals surface area contributed by atoms with E-state index in [-0.39, 0.29) is 0 Å². The van der Waals surface area contributed by atoms with Crippen LogP contribution >= 0.6 is 12.2 Å². The number of nitrogens with one attached hydrogen (secondary N) is 1. The second-order valence-electron chi connectivity index (χ2n) is 7.82. The molecule has 0 bridgehead atoms. The van der Waals surface area contributed by atoms with E-state index in [1.54, 1.807) is 7.11 Å². The molecule has 1 N–H and O–H groups in total. The molecule has 30 heavy (non-hydrogen) atoms. The van der Waals surface area contributed by atoms with Gasteiger partial charge in [-0.1, -0.05) is 42.5 Å². The van der Waals surface area contributed by atoms with E-state index in [1.807, 2.05) is 34.5 Å². The van der Waals surface area contributed by atoms with Crippen molar-refractivity contribution in [2.24, 2.45) is 7.05 Å². The van der Waals surface area contributed by atoms with Crippen LogP contribution in [-0.2, 0) is 20.3 Å². The van der Waals surface area contributed by atoms with Crippen molar-refractivity contribution < 1.29 is 9.64 Å². The number of fused-ring (bicyclic) bond motifs is 1. The Labute approximate surface area is 182 Å². The predicted molar refractivity (Wildman–Crippen MR) is 123 cm³/mol. The van der Waals surface area contributed by atoms with Crippen LogP contribution in [0.25, 0.3) is 22.2 Å². The summed E-state index contributed by atoms with van der Waals surface area (Å²) in [6.07, 6.45) is 0. The average molecular weight is 420 g/mol. The third-order valence-corrected chi connectivity index (χ3v) is 5.95. The third-order valence-electron chi connectivity index (χ3n) is 5.46. The summed E-state index contributed by atoms with van der Waals surface area (Å²) in [5, 5.41) is 7.24. The minimum Gasteiger partial charge on any atom is -0.497 e. The van der Waals surface area contributed by atoms with E-state index >= 15 is 0 Å². The molecule has 4 aromatic rings. The lowest BCUT2D eigenvalue weighted by molar-refractivity contribution is -0.917. The standard InChI is InChI=1S/C24H26N4OS/c1-17-7-5-6-8-22(17)23-25-28(24(30)27(23)3)16-26(2)15-18-9-10-20-14-21(29-4)12-11-19(20)13-18/h5-14H,15-16H2,1-4H3/p+1. The minimum absolute atomic E-state index is 0.708. The van der Waals surface area contributed by atoms with Crippen molar-refractivity contribution >= 4 is 23.0 Å². The molecule has 5 nitrogen and oxygen atoms in total. The van der Waals surface area contributed by atoms with Crippen LogP contribution in [-0.4, -0.2) is 28.5 Å². The molecule has 0 aliphatic carbocycles. The van der Waals surface area contributed by atoms with Crippen LogP contribution in [0.4, 0.5) is 0 Å². The van der Waals surface area contributed by atoms with E-state index in [0.29, 0.717) is 6.67 Å². The van der Waals surface area contributed by atoms with E-state index in [2.05, 4.69) is 56.4 Å². The normalized spacial score (nSPS) is 12.3. The Kier molecular flexibility index (Phi) is 5.70. The van der Waals surface area contributed by atoms with Gasteiger partial charge in [-0.3, -0.25) is 0 Å². The van der Waals surface area contributed by atoms with Crippen molar-refractivity contribution in [3.63, 3.8) is 0 Å². The lowest BCUT2D eigenvalue weighted by Gasteiger charge is -2.14.